The molecule has 0 amide bonds. The Kier molecular flexibility index (Phi) is 7.24. The molecule has 84 valence electrons. The van der Waals surface area contributed by atoms with Crippen LogP contribution < -0.4 is 0 Å². The zero-order chi connectivity index (χ0) is 11.7. The second-order valence-corrected chi connectivity index (χ2v) is 3.39. The van der Waals surface area contributed by atoms with Crippen LogP contribution >= 0.6 is 0 Å². The van der Waals surface area contributed by atoms with E-state index in [4.69, 9.17) is 0 Å². The molecule has 0 fully saturated rings. The number of carbonyl (C=O) groups excluding carboxylic acids is 2. The minimum Gasteiger partial charge on any atom is -0.466 e. The van der Waals surface area contributed by atoms with E-state index in [0.29, 0.717) is 18.4 Å². The summed E-state index contributed by atoms with van der Waals surface area (Å²) >= 11 is 0. The van der Waals surface area contributed by atoms with E-state index in [1.807, 2.05) is 13.0 Å². The van der Waals surface area contributed by atoms with Gasteiger partial charge in [-0.3, -0.25) is 0 Å². The van der Waals surface area contributed by atoms with Crippen molar-refractivity contribution < 1.29 is 14.3 Å². The Labute approximate surface area is 90.8 Å². The number of hydrogen-bond donors (Lipinski definition) is 0. The van der Waals surface area contributed by atoms with Gasteiger partial charge in [0.15, 0.2) is 0 Å². The van der Waals surface area contributed by atoms with E-state index in [1.165, 1.54) is 12.7 Å². The van der Waals surface area contributed by atoms with Crippen LogP contribution in [0.5, 0.6) is 0 Å². The maximum absolute atomic E-state index is 11.0. The number of carbonyl (C=O) groups is 2. The Morgan fingerprint density at radius 2 is 2.00 bits per heavy atom. The van der Waals surface area contributed by atoms with Gasteiger partial charge in [-0.2, -0.15) is 0 Å². The highest BCUT2D eigenvalue weighted by molar-refractivity contribution is 5.87. The van der Waals surface area contributed by atoms with E-state index in [-0.39, 0.29) is 5.97 Å². The van der Waals surface area contributed by atoms with Crippen LogP contribution in [0.1, 0.15) is 32.6 Å². The van der Waals surface area contributed by atoms with Crippen molar-refractivity contribution in [1.29, 1.82) is 0 Å². The van der Waals surface area contributed by atoms with Crippen molar-refractivity contribution in [3.8, 4) is 0 Å². The van der Waals surface area contributed by atoms with Gasteiger partial charge in [0, 0.05) is 12.0 Å². The van der Waals surface area contributed by atoms with Gasteiger partial charge in [0.2, 0.25) is 0 Å². The number of methoxy groups -OCH3 is 1. The fourth-order valence-electron chi connectivity index (χ4n) is 1.13. The SMILES string of the molecule is C=C(CC/C=C(\C)CCC=O)C(=O)OC. The standard InChI is InChI=1S/C12H18O3/c1-10(7-5-9-13)6-4-8-11(2)12(14)15-3/h6,9H,2,4-5,7-8H2,1,3H3/b10-6+. The molecule has 0 aliphatic carbocycles. The second-order valence-electron chi connectivity index (χ2n) is 3.39. The number of aldehydes is 1. The lowest BCUT2D eigenvalue weighted by molar-refractivity contribution is -0.136. The lowest BCUT2D eigenvalue weighted by Crippen LogP contribution is -2.02. The van der Waals surface area contributed by atoms with Crippen LogP contribution in [-0.4, -0.2) is 19.4 Å². The van der Waals surface area contributed by atoms with E-state index in [1.54, 1.807) is 0 Å². The molecule has 3 nitrogen and oxygen atoms in total. The lowest BCUT2D eigenvalue weighted by atomic mass is 10.1. The topological polar surface area (TPSA) is 43.4 Å². The maximum atomic E-state index is 11.0. The molecule has 0 spiro atoms. The summed E-state index contributed by atoms with van der Waals surface area (Å²) in [7, 11) is 1.35. The van der Waals surface area contributed by atoms with Gasteiger partial charge in [-0.15, -0.1) is 0 Å². The molecule has 3 heteroatoms. The fourth-order valence-corrected chi connectivity index (χ4v) is 1.13. The zero-order valence-electron chi connectivity index (χ0n) is 9.41. The average molecular weight is 210 g/mol. The highest BCUT2D eigenvalue weighted by Crippen LogP contribution is 2.09. The first-order valence-electron chi connectivity index (χ1n) is 4.97. The molecule has 0 unspecified atom stereocenters. The predicted molar refractivity (Wildman–Crippen MR) is 59.4 cm³/mol. The van der Waals surface area contributed by atoms with E-state index < -0.39 is 0 Å². The maximum Gasteiger partial charge on any atom is 0.333 e. The van der Waals surface area contributed by atoms with Crippen molar-refractivity contribution in [2.75, 3.05) is 7.11 Å². The summed E-state index contributed by atoms with van der Waals surface area (Å²) in [6, 6.07) is 0. The second kappa shape index (κ2) is 7.97. The first-order valence-corrected chi connectivity index (χ1v) is 4.97. The van der Waals surface area contributed by atoms with Crippen molar-refractivity contribution in [2.24, 2.45) is 0 Å². The average Bonchev–Trinajstić information content (AvgIpc) is 2.24. The molecule has 0 aromatic heterocycles. The van der Waals surface area contributed by atoms with E-state index in [2.05, 4.69) is 11.3 Å². The predicted octanol–water partition coefficient (Wildman–Crippen LogP) is 2.42. The number of allylic oxidation sites excluding steroid dienone is 2. The molecule has 0 rings (SSSR count). The Bertz CT molecular complexity index is 264. The lowest BCUT2D eigenvalue weighted by Gasteiger charge is -2.01. The van der Waals surface area contributed by atoms with Crippen molar-refractivity contribution in [1.82, 2.24) is 0 Å². The zero-order valence-corrected chi connectivity index (χ0v) is 9.41. The summed E-state index contributed by atoms with van der Waals surface area (Å²) in [5.41, 5.74) is 1.65. The van der Waals surface area contributed by atoms with Crippen LogP contribution in [-0.2, 0) is 14.3 Å². The summed E-state index contributed by atoms with van der Waals surface area (Å²) in [4.78, 5) is 21.1. The Balaban J connectivity index is 3.81. The number of ether oxygens (including phenoxy) is 1. The van der Waals surface area contributed by atoms with Gasteiger partial charge in [-0.25, -0.2) is 4.79 Å². The summed E-state index contributed by atoms with van der Waals surface area (Å²) in [6.45, 7) is 5.60. The summed E-state index contributed by atoms with van der Waals surface area (Å²) < 4.78 is 4.53. The summed E-state index contributed by atoms with van der Waals surface area (Å²) in [5, 5.41) is 0. The molecule has 0 aromatic rings. The molecule has 15 heavy (non-hydrogen) atoms. The molecule has 0 aliphatic heterocycles. The normalized spacial score (nSPS) is 10.9. The molecule has 0 radical (unpaired) electrons. The Morgan fingerprint density at radius 1 is 1.33 bits per heavy atom. The highest BCUT2D eigenvalue weighted by atomic mass is 16.5. The Hall–Kier alpha value is -1.38. The monoisotopic (exact) mass is 210 g/mol. The van der Waals surface area contributed by atoms with Gasteiger partial charge in [0.25, 0.3) is 0 Å². The van der Waals surface area contributed by atoms with Gasteiger partial charge in [-0.1, -0.05) is 18.2 Å². The van der Waals surface area contributed by atoms with Crippen molar-refractivity contribution in [3.63, 3.8) is 0 Å². The van der Waals surface area contributed by atoms with Crippen LogP contribution in [0.3, 0.4) is 0 Å². The minimum atomic E-state index is -0.353. The summed E-state index contributed by atoms with van der Waals surface area (Å²) in [5.74, 6) is -0.353. The quantitative estimate of drug-likeness (QED) is 0.280. The molecule has 0 bridgehead atoms. The first kappa shape index (κ1) is 13.6. The van der Waals surface area contributed by atoms with E-state index >= 15 is 0 Å². The van der Waals surface area contributed by atoms with Gasteiger partial charge in [-0.05, 0) is 26.2 Å². The Morgan fingerprint density at radius 3 is 2.53 bits per heavy atom. The molecular formula is C12H18O3. The van der Waals surface area contributed by atoms with Crippen LogP contribution in [0.15, 0.2) is 23.8 Å². The number of rotatable bonds is 7. The van der Waals surface area contributed by atoms with E-state index in [0.717, 1.165) is 19.1 Å². The third kappa shape index (κ3) is 6.66. The van der Waals surface area contributed by atoms with Crippen LogP contribution in [0.4, 0.5) is 0 Å². The third-order valence-corrected chi connectivity index (χ3v) is 2.07. The molecule has 0 heterocycles. The molecule has 0 aliphatic rings. The van der Waals surface area contributed by atoms with Crippen molar-refractivity contribution >= 4 is 12.3 Å². The van der Waals surface area contributed by atoms with Gasteiger partial charge in [0.1, 0.15) is 6.29 Å². The number of hydrogen-bond acceptors (Lipinski definition) is 3. The van der Waals surface area contributed by atoms with Gasteiger partial charge < -0.3 is 9.53 Å². The molecular weight excluding hydrogens is 192 g/mol. The fraction of sp³-hybridized carbons (Fsp3) is 0.500. The van der Waals surface area contributed by atoms with E-state index in [9.17, 15) is 9.59 Å². The van der Waals surface area contributed by atoms with Crippen LogP contribution in [0.2, 0.25) is 0 Å². The summed E-state index contributed by atoms with van der Waals surface area (Å²) in [6.07, 6.45) is 5.64. The largest absolute Gasteiger partial charge is 0.466 e. The highest BCUT2D eigenvalue weighted by Gasteiger charge is 2.04. The molecule has 0 saturated heterocycles. The van der Waals surface area contributed by atoms with Crippen molar-refractivity contribution in [2.45, 2.75) is 32.6 Å². The molecule has 0 atom stereocenters. The third-order valence-electron chi connectivity index (χ3n) is 2.07. The van der Waals surface area contributed by atoms with Crippen LogP contribution in [0, 0.1) is 0 Å². The number of esters is 1. The molecule has 0 N–H and O–H groups in total. The minimum absolute atomic E-state index is 0.353. The van der Waals surface area contributed by atoms with Crippen LogP contribution in [0.25, 0.3) is 0 Å². The van der Waals surface area contributed by atoms with Gasteiger partial charge in [0.05, 0.1) is 7.11 Å². The molecule has 0 aromatic carbocycles. The van der Waals surface area contributed by atoms with Gasteiger partial charge >= 0.3 is 5.97 Å². The van der Waals surface area contributed by atoms with Crippen molar-refractivity contribution in [3.05, 3.63) is 23.8 Å². The smallest absolute Gasteiger partial charge is 0.333 e. The molecule has 0 saturated carbocycles. The first-order chi connectivity index (χ1) is 7.11.